The molecule has 2 rings (SSSR count). The molecule has 1 aromatic rings. The van der Waals surface area contributed by atoms with Crippen LogP contribution in [0.25, 0.3) is 0 Å². The predicted molar refractivity (Wildman–Crippen MR) is 58.5 cm³/mol. The predicted octanol–water partition coefficient (Wildman–Crippen LogP) is 1.28. The van der Waals surface area contributed by atoms with Gasteiger partial charge in [0.2, 0.25) is 0 Å². The van der Waals surface area contributed by atoms with Crippen LogP contribution in [0.1, 0.15) is 10.4 Å². The van der Waals surface area contributed by atoms with Gasteiger partial charge in [-0.2, -0.15) is 0 Å². The molecule has 0 spiro atoms. The molecule has 0 radical (unpaired) electrons. The van der Waals surface area contributed by atoms with Gasteiger partial charge in [-0.25, -0.2) is 4.79 Å². The van der Waals surface area contributed by atoms with Crippen LogP contribution in [0.4, 0.5) is 0 Å². The van der Waals surface area contributed by atoms with E-state index < -0.39 is 5.97 Å². The van der Waals surface area contributed by atoms with Crippen LogP contribution in [0.2, 0.25) is 0 Å². The summed E-state index contributed by atoms with van der Waals surface area (Å²) < 4.78 is 10.3. The molecular weight excluding hydrogens is 224 g/mol. The number of hydrogen-bond acceptors (Lipinski definition) is 4. The van der Waals surface area contributed by atoms with Gasteiger partial charge in [-0.05, 0) is 12.1 Å². The van der Waals surface area contributed by atoms with Crippen LogP contribution in [-0.2, 0) is 4.79 Å². The van der Waals surface area contributed by atoms with Crippen LogP contribution < -0.4 is 9.47 Å². The maximum atomic E-state index is 11.9. The number of fused-ring (bicyclic) bond motifs is 1. The fourth-order valence-corrected chi connectivity index (χ4v) is 1.59. The van der Waals surface area contributed by atoms with Crippen molar-refractivity contribution in [3.05, 3.63) is 35.4 Å². The van der Waals surface area contributed by atoms with E-state index in [1.54, 1.807) is 18.2 Å². The second-order valence-electron chi connectivity index (χ2n) is 3.49. The van der Waals surface area contributed by atoms with Crippen molar-refractivity contribution in [2.45, 2.75) is 0 Å². The minimum Gasteiger partial charge on any atom is -0.497 e. The average molecular weight is 234 g/mol. The van der Waals surface area contributed by atoms with E-state index in [4.69, 9.17) is 14.6 Å². The topological polar surface area (TPSA) is 72.8 Å². The molecule has 1 aliphatic rings. The number of aliphatic carboxylic acids is 1. The number of carboxylic acids is 1. The standard InChI is InChI=1S/C12H10O5/c1-16-8-2-3-9-10(5-8)17-6-7(12(9)15)4-11(13)14/h2-5H,6H2,1H3,(H,13,14). The molecule has 1 aliphatic heterocycles. The third kappa shape index (κ3) is 2.13. The Morgan fingerprint density at radius 1 is 1.53 bits per heavy atom. The Bertz CT molecular complexity index is 516. The highest BCUT2D eigenvalue weighted by atomic mass is 16.5. The maximum Gasteiger partial charge on any atom is 0.328 e. The Kier molecular flexibility index (Phi) is 2.82. The van der Waals surface area contributed by atoms with Crippen LogP contribution >= 0.6 is 0 Å². The lowest BCUT2D eigenvalue weighted by Crippen LogP contribution is -2.20. The summed E-state index contributed by atoms with van der Waals surface area (Å²) in [7, 11) is 1.52. The number of ketones is 1. The van der Waals surface area contributed by atoms with Crippen LogP contribution in [0, 0.1) is 0 Å². The number of carbonyl (C=O) groups is 2. The van der Waals surface area contributed by atoms with Crippen LogP contribution in [-0.4, -0.2) is 30.6 Å². The summed E-state index contributed by atoms with van der Waals surface area (Å²) in [6.07, 6.45) is 0.871. The smallest absolute Gasteiger partial charge is 0.328 e. The molecule has 88 valence electrons. The van der Waals surface area contributed by atoms with E-state index in [0.717, 1.165) is 6.08 Å². The Morgan fingerprint density at radius 3 is 2.94 bits per heavy atom. The van der Waals surface area contributed by atoms with Crippen LogP contribution in [0.15, 0.2) is 29.8 Å². The van der Waals surface area contributed by atoms with E-state index in [9.17, 15) is 9.59 Å². The first-order valence-electron chi connectivity index (χ1n) is 4.91. The molecule has 1 heterocycles. The third-order valence-corrected chi connectivity index (χ3v) is 2.41. The largest absolute Gasteiger partial charge is 0.497 e. The fraction of sp³-hybridized carbons (Fsp3) is 0.167. The van der Waals surface area contributed by atoms with E-state index in [-0.39, 0.29) is 18.0 Å². The lowest BCUT2D eigenvalue weighted by atomic mass is 10.00. The SMILES string of the molecule is COc1ccc2c(c1)OCC(=CC(=O)O)C2=O. The molecule has 0 aliphatic carbocycles. The van der Waals surface area contributed by atoms with Gasteiger partial charge in [0.25, 0.3) is 0 Å². The lowest BCUT2D eigenvalue weighted by molar-refractivity contribution is -0.131. The van der Waals surface area contributed by atoms with Gasteiger partial charge in [0.15, 0.2) is 5.78 Å². The van der Waals surface area contributed by atoms with Gasteiger partial charge in [-0.3, -0.25) is 4.79 Å². The Hall–Kier alpha value is -2.30. The summed E-state index contributed by atoms with van der Waals surface area (Å²) in [4.78, 5) is 22.4. The van der Waals surface area contributed by atoms with Gasteiger partial charge >= 0.3 is 5.97 Å². The van der Waals surface area contributed by atoms with Crippen molar-refractivity contribution < 1.29 is 24.2 Å². The van der Waals surface area contributed by atoms with E-state index >= 15 is 0 Å². The molecule has 0 saturated heterocycles. The fourth-order valence-electron chi connectivity index (χ4n) is 1.59. The minimum atomic E-state index is -1.16. The molecule has 1 aromatic carbocycles. The second-order valence-corrected chi connectivity index (χ2v) is 3.49. The zero-order valence-electron chi connectivity index (χ0n) is 9.10. The Morgan fingerprint density at radius 2 is 2.29 bits per heavy atom. The molecule has 5 heteroatoms. The van der Waals surface area contributed by atoms with Gasteiger partial charge in [0.05, 0.1) is 12.7 Å². The van der Waals surface area contributed by atoms with Crippen molar-refractivity contribution in [1.82, 2.24) is 0 Å². The van der Waals surface area contributed by atoms with Gasteiger partial charge in [-0.15, -0.1) is 0 Å². The molecular formula is C12H10O5. The first-order chi connectivity index (χ1) is 8.11. The molecule has 17 heavy (non-hydrogen) atoms. The van der Waals surface area contributed by atoms with Crippen LogP contribution in [0.3, 0.4) is 0 Å². The monoisotopic (exact) mass is 234 g/mol. The molecule has 0 aromatic heterocycles. The molecule has 0 unspecified atom stereocenters. The molecule has 0 saturated carbocycles. The number of hydrogen-bond donors (Lipinski definition) is 1. The van der Waals surface area contributed by atoms with Crippen LogP contribution in [0.5, 0.6) is 11.5 Å². The number of Topliss-reactive ketones (excluding diaryl/α,β-unsaturated/α-hetero) is 1. The maximum absolute atomic E-state index is 11.9. The minimum absolute atomic E-state index is 0.0364. The second kappa shape index (κ2) is 4.29. The summed E-state index contributed by atoms with van der Waals surface area (Å²) in [6.45, 7) is -0.0364. The number of carbonyl (C=O) groups excluding carboxylic acids is 1. The quantitative estimate of drug-likeness (QED) is 0.780. The number of ether oxygens (including phenoxy) is 2. The van der Waals surface area contributed by atoms with Crippen molar-refractivity contribution in [1.29, 1.82) is 0 Å². The van der Waals surface area contributed by atoms with Crippen molar-refractivity contribution in [2.24, 2.45) is 0 Å². The highest BCUT2D eigenvalue weighted by molar-refractivity contribution is 6.13. The van der Waals surface area contributed by atoms with E-state index in [1.807, 2.05) is 0 Å². The number of rotatable bonds is 2. The van der Waals surface area contributed by atoms with Gasteiger partial charge in [-0.1, -0.05) is 0 Å². The summed E-state index contributed by atoms with van der Waals surface area (Å²) in [5.41, 5.74) is 0.486. The summed E-state index contributed by atoms with van der Waals surface area (Å²) in [5.74, 6) is -0.482. The Labute approximate surface area is 97.3 Å². The van der Waals surface area contributed by atoms with Crippen molar-refractivity contribution in [2.75, 3.05) is 13.7 Å². The molecule has 0 fully saturated rings. The zero-order chi connectivity index (χ0) is 12.4. The van der Waals surface area contributed by atoms with Gasteiger partial charge in [0, 0.05) is 17.7 Å². The van der Waals surface area contributed by atoms with Gasteiger partial charge in [0.1, 0.15) is 18.1 Å². The van der Waals surface area contributed by atoms with Gasteiger partial charge < -0.3 is 14.6 Å². The number of benzene rings is 1. The van der Waals surface area contributed by atoms with E-state index in [0.29, 0.717) is 17.1 Å². The lowest BCUT2D eigenvalue weighted by Gasteiger charge is -2.18. The van der Waals surface area contributed by atoms with Crippen molar-refractivity contribution >= 4 is 11.8 Å². The highest BCUT2D eigenvalue weighted by Crippen LogP contribution is 2.30. The molecule has 0 bridgehead atoms. The summed E-state index contributed by atoms with van der Waals surface area (Å²) in [5, 5.41) is 8.61. The first kappa shape index (κ1) is 11.2. The van der Waals surface area contributed by atoms with E-state index in [2.05, 4.69) is 0 Å². The zero-order valence-corrected chi connectivity index (χ0v) is 9.10. The first-order valence-corrected chi connectivity index (χ1v) is 4.91. The highest BCUT2D eigenvalue weighted by Gasteiger charge is 2.24. The third-order valence-electron chi connectivity index (χ3n) is 2.41. The molecule has 0 amide bonds. The van der Waals surface area contributed by atoms with E-state index in [1.165, 1.54) is 7.11 Å². The summed E-state index contributed by atoms with van der Waals surface area (Å²) >= 11 is 0. The summed E-state index contributed by atoms with van der Waals surface area (Å²) in [6, 6.07) is 4.79. The van der Waals surface area contributed by atoms with Crippen molar-refractivity contribution in [3.63, 3.8) is 0 Å². The number of carboxylic acid groups (broad SMARTS) is 1. The number of methoxy groups -OCH3 is 1. The molecule has 1 N–H and O–H groups in total. The molecule has 0 atom stereocenters. The normalized spacial score (nSPS) is 16.3. The van der Waals surface area contributed by atoms with Crippen molar-refractivity contribution in [3.8, 4) is 11.5 Å². The molecule has 5 nitrogen and oxygen atoms in total. The Balaban J connectivity index is 2.40. The average Bonchev–Trinajstić information content (AvgIpc) is 2.32.